The molecule has 2 heterocycles. The summed E-state index contributed by atoms with van der Waals surface area (Å²) >= 11 is 0. The zero-order valence-electron chi connectivity index (χ0n) is 16.5. The molecule has 7 nitrogen and oxygen atoms in total. The van der Waals surface area contributed by atoms with Gasteiger partial charge in [0, 0.05) is 36.9 Å². The van der Waals surface area contributed by atoms with E-state index in [0.29, 0.717) is 5.95 Å². The van der Waals surface area contributed by atoms with Gasteiger partial charge in [0.05, 0.1) is 25.2 Å². The molecular weight excluding hydrogens is 366 g/mol. The van der Waals surface area contributed by atoms with Gasteiger partial charge in [0.25, 0.3) is 0 Å². The van der Waals surface area contributed by atoms with Crippen LogP contribution in [-0.4, -0.2) is 47.1 Å². The second-order valence-electron chi connectivity index (χ2n) is 7.45. The molecule has 0 saturated carbocycles. The van der Waals surface area contributed by atoms with Gasteiger partial charge in [-0.1, -0.05) is 17.7 Å². The number of hydrogen-bond acceptors (Lipinski definition) is 6. The number of rotatable bonds is 6. The van der Waals surface area contributed by atoms with E-state index in [1.807, 2.05) is 37.4 Å². The van der Waals surface area contributed by atoms with Gasteiger partial charge in [-0.2, -0.15) is 0 Å². The Morgan fingerprint density at radius 3 is 2.76 bits per heavy atom. The number of aryl methyl sites for hydroxylation is 1. The van der Waals surface area contributed by atoms with Gasteiger partial charge < -0.3 is 15.8 Å². The fourth-order valence-electron chi connectivity index (χ4n) is 3.59. The molecule has 1 fully saturated rings. The Balaban J connectivity index is 1.60. The molecule has 2 aromatic carbocycles. The van der Waals surface area contributed by atoms with E-state index in [1.165, 1.54) is 5.56 Å². The Morgan fingerprint density at radius 1 is 1.17 bits per heavy atom. The Morgan fingerprint density at radius 2 is 1.97 bits per heavy atom. The number of nitrogens with one attached hydrogen (secondary N) is 1. The van der Waals surface area contributed by atoms with Crippen LogP contribution >= 0.6 is 0 Å². The minimum absolute atomic E-state index is 0.198. The molecule has 0 aliphatic carbocycles. The molecule has 1 saturated heterocycles. The zero-order chi connectivity index (χ0) is 20.2. The second-order valence-corrected chi connectivity index (χ2v) is 7.45. The number of nitrogens with two attached hydrogens (primary N) is 1. The smallest absolute Gasteiger partial charge is 0.227 e. The summed E-state index contributed by atoms with van der Waals surface area (Å²) in [5, 5.41) is 4.29. The van der Waals surface area contributed by atoms with Crippen LogP contribution in [0.1, 0.15) is 16.7 Å². The number of primary amides is 1. The molecule has 1 aliphatic heterocycles. The first-order chi connectivity index (χ1) is 14.0. The predicted molar refractivity (Wildman–Crippen MR) is 113 cm³/mol. The number of anilines is 2. The molecule has 0 atom stereocenters. The minimum atomic E-state index is -0.350. The maximum Gasteiger partial charge on any atom is 0.227 e. The summed E-state index contributed by atoms with van der Waals surface area (Å²) in [6.07, 6.45) is 2.02. The van der Waals surface area contributed by atoms with E-state index >= 15 is 0 Å². The third kappa shape index (κ3) is 5.07. The van der Waals surface area contributed by atoms with Crippen molar-refractivity contribution in [2.45, 2.75) is 19.9 Å². The highest BCUT2D eigenvalue weighted by molar-refractivity contribution is 5.80. The third-order valence-corrected chi connectivity index (χ3v) is 4.93. The van der Waals surface area contributed by atoms with Crippen molar-refractivity contribution < 1.29 is 9.53 Å². The first-order valence-electron chi connectivity index (χ1n) is 9.77. The first-order valence-corrected chi connectivity index (χ1v) is 9.77. The first kappa shape index (κ1) is 19.3. The van der Waals surface area contributed by atoms with Gasteiger partial charge >= 0.3 is 0 Å². The van der Waals surface area contributed by atoms with Crippen LogP contribution in [0.15, 0.2) is 42.6 Å². The van der Waals surface area contributed by atoms with Crippen LogP contribution in [0.5, 0.6) is 0 Å². The average Bonchev–Trinajstić information content (AvgIpc) is 2.68. The number of fused-ring (bicyclic) bond motifs is 1. The SMILES string of the molecule is Cc1ccc2nc(Nc3cc(CC(N)=O)cc(CN4CCOCC4)c3)ncc2c1. The largest absolute Gasteiger partial charge is 0.379 e. The summed E-state index contributed by atoms with van der Waals surface area (Å²) in [4.78, 5) is 22.8. The molecule has 0 unspecified atom stereocenters. The molecule has 1 aromatic heterocycles. The lowest BCUT2D eigenvalue weighted by Crippen LogP contribution is -2.35. The quantitative estimate of drug-likeness (QED) is 0.671. The van der Waals surface area contributed by atoms with E-state index in [2.05, 4.69) is 32.3 Å². The third-order valence-electron chi connectivity index (χ3n) is 4.93. The molecule has 150 valence electrons. The highest BCUT2D eigenvalue weighted by Gasteiger charge is 2.13. The van der Waals surface area contributed by atoms with E-state index in [0.717, 1.165) is 60.6 Å². The Kier molecular flexibility index (Phi) is 5.69. The number of benzene rings is 2. The van der Waals surface area contributed by atoms with Crippen LogP contribution in [0.4, 0.5) is 11.6 Å². The van der Waals surface area contributed by atoms with Gasteiger partial charge in [0.2, 0.25) is 11.9 Å². The highest BCUT2D eigenvalue weighted by Crippen LogP contribution is 2.22. The Bertz CT molecular complexity index is 1030. The highest BCUT2D eigenvalue weighted by atomic mass is 16.5. The minimum Gasteiger partial charge on any atom is -0.379 e. The number of carbonyl (C=O) groups excluding carboxylic acids is 1. The number of ether oxygens (including phenoxy) is 1. The van der Waals surface area contributed by atoms with Gasteiger partial charge in [0.1, 0.15) is 0 Å². The van der Waals surface area contributed by atoms with Crippen LogP contribution in [0.2, 0.25) is 0 Å². The monoisotopic (exact) mass is 391 g/mol. The van der Waals surface area contributed by atoms with Crippen LogP contribution in [-0.2, 0) is 22.5 Å². The zero-order valence-corrected chi connectivity index (χ0v) is 16.5. The van der Waals surface area contributed by atoms with Crippen molar-refractivity contribution in [1.29, 1.82) is 0 Å². The van der Waals surface area contributed by atoms with Crippen molar-refractivity contribution in [3.8, 4) is 0 Å². The van der Waals surface area contributed by atoms with Gasteiger partial charge in [-0.15, -0.1) is 0 Å². The van der Waals surface area contributed by atoms with E-state index in [-0.39, 0.29) is 12.3 Å². The van der Waals surface area contributed by atoms with Crippen molar-refractivity contribution in [3.63, 3.8) is 0 Å². The van der Waals surface area contributed by atoms with Crippen molar-refractivity contribution in [2.75, 3.05) is 31.6 Å². The lowest BCUT2D eigenvalue weighted by atomic mass is 10.1. The standard InChI is InChI=1S/C22H25N5O2/c1-15-2-3-20-18(8-15)13-24-22(26-20)25-19-10-16(12-21(23)28)9-17(11-19)14-27-4-6-29-7-5-27/h2-3,8-11,13H,4-7,12,14H2,1H3,(H2,23,28)(H,24,25,26). The number of amides is 1. The molecule has 4 rings (SSSR count). The fraction of sp³-hybridized carbons (Fsp3) is 0.318. The van der Waals surface area contributed by atoms with Crippen molar-refractivity contribution in [3.05, 3.63) is 59.3 Å². The summed E-state index contributed by atoms with van der Waals surface area (Å²) < 4.78 is 5.43. The topological polar surface area (TPSA) is 93.4 Å². The van der Waals surface area contributed by atoms with Gasteiger partial charge in [0.15, 0.2) is 0 Å². The number of hydrogen-bond donors (Lipinski definition) is 2. The average molecular weight is 391 g/mol. The van der Waals surface area contributed by atoms with E-state index in [4.69, 9.17) is 10.5 Å². The molecule has 7 heteroatoms. The molecule has 1 aliphatic rings. The lowest BCUT2D eigenvalue weighted by molar-refractivity contribution is -0.117. The maximum atomic E-state index is 11.5. The van der Waals surface area contributed by atoms with E-state index in [9.17, 15) is 4.79 Å². The summed E-state index contributed by atoms with van der Waals surface area (Å²) in [7, 11) is 0. The van der Waals surface area contributed by atoms with E-state index < -0.39 is 0 Å². The van der Waals surface area contributed by atoms with Gasteiger partial charge in [-0.3, -0.25) is 9.69 Å². The summed E-state index contributed by atoms with van der Waals surface area (Å²) in [5.41, 5.74) is 10.3. The fourth-order valence-corrected chi connectivity index (χ4v) is 3.59. The van der Waals surface area contributed by atoms with Crippen LogP contribution < -0.4 is 11.1 Å². The van der Waals surface area contributed by atoms with Gasteiger partial charge in [-0.25, -0.2) is 9.97 Å². The molecule has 1 amide bonds. The van der Waals surface area contributed by atoms with Crippen molar-refractivity contribution >= 4 is 28.4 Å². The number of carbonyl (C=O) groups is 1. The normalized spacial score (nSPS) is 14.8. The van der Waals surface area contributed by atoms with Crippen LogP contribution in [0.25, 0.3) is 10.9 Å². The van der Waals surface area contributed by atoms with Crippen LogP contribution in [0.3, 0.4) is 0 Å². The summed E-state index contributed by atoms with van der Waals surface area (Å²) in [6, 6.07) is 12.1. The molecule has 29 heavy (non-hydrogen) atoms. The molecule has 3 aromatic rings. The van der Waals surface area contributed by atoms with Crippen LogP contribution in [0, 0.1) is 6.92 Å². The molecule has 0 bridgehead atoms. The second kappa shape index (κ2) is 8.55. The van der Waals surface area contributed by atoms with Crippen molar-refractivity contribution in [2.24, 2.45) is 5.73 Å². The number of aromatic nitrogens is 2. The maximum absolute atomic E-state index is 11.5. The number of morpholine rings is 1. The van der Waals surface area contributed by atoms with Crippen molar-refractivity contribution in [1.82, 2.24) is 14.9 Å². The van der Waals surface area contributed by atoms with Gasteiger partial charge in [-0.05, 0) is 42.3 Å². The number of nitrogens with zero attached hydrogens (tertiary/aromatic N) is 3. The molecule has 0 spiro atoms. The molecule has 3 N–H and O–H groups in total. The predicted octanol–water partition coefficient (Wildman–Crippen LogP) is 2.54. The Labute approximate surface area is 169 Å². The summed E-state index contributed by atoms with van der Waals surface area (Å²) in [6.45, 7) is 6.13. The molecular formula is C22H25N5O2. The van der Waals surface area contributed by atoms with E-state index in [1.54, 1.807) is 0 Å². The summed E-state index contributed by atoms with van der Waals surface area (Å²) in [5.74, 6) is 0.173. The lowest BCUT2D eigenvalue weighted by Gasteiger charge is -2.27. The molecule has 0 radical (unpaired) electrons. The Hall–Kier alpha value is -3.03.